The summed E-state index contributed by atoms with van der Waals surface area (Å²) >= 11 is 0. The third-order valence-corrected chi connectivity index (χ3v) is 5.70. The fraction of sp³-hybridized carbons (Fsp3) is 0.833. The van der Waals surface area contributed by atoms with E-state index >= 15 is 0 Å². The normalized spacial score (nSPS) is 27.5. The molecule has 2 saturated carbocycles. The van der Waals surface area contributed by atoms with Gasteiger partial charge in [-0.1, -0.05) is 11.6 Å². The Morgan fingerprint density at radius 2 is 1.85 bits per heavy atom. The maximum absolute atomic E-state index is 12.9. The minimum Gasteiger partial charge on any atom is -0.344 e. The first-order valence-corrected chi connectivity index (χ1v) is 9.31. The SMILES string of the molecule is CN(C)Cc1nc(C(C)(C)NC(=O)C2CC3CCCC(C2)C3N)no1.Cl.Cl. The zero-order valence-electron chi connectivity index (χ0n) is 16.6. The largest absolute Gasteiger partial charge is 0.344 e. The molecule has 2 aliphatic rings. The van der Waals surface area contributed by atoms with Crippen molar-refractivity contribution in [2.75, 3.05) is 14.1 Å². The van der Waals surface area contributed by atoms with Crippen LogP contribution in [0.2, 0.25) is 0 Å². The lowest BCUT2D eigenvalue weighted by Gasteiger charge is -2.44. The Morgan fingerprint density at radius 1 is 1.26 bits per heavy atom. The van der Waals surface area contributed by atoms with Gasteiger partial charge in [0, 0.05) is 12.0 Å². The smallest absolute Gasteiger partial charge is 0.240 e. The number of halogens is 2. The second kappa shape index (κ2) is 9.54. The van der Waals surface area contributed by atoms with Gasteiger partial charge in [-0.15, -0.1) is 24.8 Å². The van der Waals surface area contributed by atoms with Crippen molar-refractivity contribution in [3.05, 3.63) is 11.7 Å². The summed E-state index contributed by atoms with van der Waals surface area (Å²) in [4.78, 5) is 19.3. The molecule has 3 rings (SSSR count). The number of hydrogen-bond acceptors (Lipinski definition) is 6. The first kappa shape index (κ1) is 24.1. The van der Waals surface area contributed by atoms with Crippen LogP contribution < -0.4 is 11.1 Å². The number of nitrogens with one attached hydrogen (secondary N) is 1. The van der Waals surface area contributed by atoms with Gasteiger partial charge in [0.05, 0.1) is 12.1 Å². The Labute approximate surface area is 174 Å². The van der Waals surface area contributed by atoms with Crippen LogP contribution in [0.5, 0.6) is 0 Å². The van der Waals surface area contributed by atoms with Gasteiger partial charge in [-0.05, 0) is 65.5 Å². The monoisotopic (exact) mass is 421 g/mol. The van der Waals surface area contributed by atoms with Crippen molar-refractivity contribution < 1.29 is 9.32 Å². The number of nitrogens with two attached hydrogens (primary N) is 1. The summed E-state index contributed by atoms with van der Waals surface area (Å²) in [6.45, 7) is 4.43. The molecule has 2 aliphatic carbocycles. The number of fused-ring (bicyclic) bond motifs is 2. The molecule has 0 radical (unpaired) electrons. The Hall–Kier alpha value is -0.890. The van der Waals surface area contributed by atoms with Crippen LogP contribution in [0.3, 0.4) is 0 Å². The van der Waals surface area contributed by atoms with Gasteiger partial charge in [0.1, 0.15) is 0 Å². The standard InChI is InChI=1S/C18H31N5O2.2ClH/c1-18(2,17-20-14(25-22-17)10-23(3)4)21-16(24)13-8-11-6-5-7-12(9-13)15(11)19;;/h11-13,15H,5-10,19H2,1-4H3,(H,21,24);2*1H. The topological polar surface area (TPSA) is 97.3 Å². The fourth-order valence-corrected chi connectivity index (χ4v) is 4.31. The van der Waals surface area contributed by atoms with Gasteiger partial charge in [-0.2, -0.15) is 4.98 Å². The van der Waals surface area contributed by atoms with Crippen molar-refractivity contribution in [3.8, 4) is 0 Å². The highest BCUT2D eigenvalue weighted by atomic mass is 35.5. The quantitative estimate of drug-likeness (QED) is 0.757. The Morgan fingerprint density at radius 3 is 2.41 bits per heavy atom. The summed E-state index contributed by atoms with van der Waals surface area (Å²) in [7, 11) is 3.89. The molecular formula is C18H33Cl2N5O2. The summed E-state index contributed by atoms with van der Waals surface area (Å²) in [6.07, 6.45) is 5.36. The Kier molecular flexibility index (Phi) is 8.53. The van der Waals surface area contributed by atoms with Crippen molar-refractivity contribution in [1.29, 1.82) is 0 Å². The molecule has 0 saturated heterocycles. The van der Waals surface area contributed by atoms with Crippen LogP contribution in [-0.2, 0) is 16.9 Å². The molecule has 156 valence electrons. The van der Waals surface area contributed by atoms with E-state index in [0.717, 1.165) is 25.7 Å². The third kappa shape index (κ3) is 5.56. The highest BCUT2D eigenvalue weighted by molar-refractivity contribution is 5.85. The van der Waals surface area contributed by atoms with E-state index in [0.29, 0.717) is 30.1 Å². The molecule has 1 amide bonds. The van der Waals surface area contributed by atoms with E-state index in [1.807, 2.05) is 32.8 Å². The number of amides is 1. The zero-order valence-corrected chi connectivity index (χ0v) is 18.2. The third-order valence-electron chi connectivity index (χ3n) is 5.70. The highest BCUT2D eigenvalue weighted by Crippen LogP contribution is 2.42. The van der Waals surface area contributed by atoms with Crippen LogP contribution in [0.15, 0.2) is 4.52 Å². The van der Waals surface area contributed by atoms with E-state index in [9.17, 15) is 4.79 Å². The maximum atomic E-state index is 12.9. The van der Waals surface area contributed by atoms with Crippen LogP contribution in [0, 0.1) is 17.8 Å². The molecule has 2 atom stereocenters. The van der Waals surface area contributed by atoms with Crippen molar-refractivity contribution in [1.82, 2.24) is 20.4 Å². The van der Waals surface area contributed by atoms with Crippen molar-refractivity contribution in [2.45, 2.75) is 64.1 Å². The molecular weight excluding hydrogens is 389 g/mol. The molecule has 7 nitrogen and oxygen atoms in total. The zero-order chi connectivity index (χ0) is 18.2. The van der Waals surface area contributed by atoms with Gasteiger partial charge in [0.15, 0.2) is 5.82 Å². The first-order valence-electron chi connectivity index (χ1n) is 9.31. The lowest BCUT2D eigenvalue weighted by atomic mass is 9.65. The summed E-state index contributed by atoms with van der Waals surface area (Å²) < 4.78 is 5.29. The van der Waals surface area contributed by atoms with Crippen LogP contribution in [0.1, 0.15) is 57.7 Å². The second-order valence-corrected chi connectivity index (χ2v) is 8.56. The van der Waals surface area contributed by atoms with Crippen molar-refractivity contribution in [2.24, 2.45) is 23.5 Å². The van der Waals surface area contributed by atoms with E-state index in [4.69, 9.17) is 10.3 Å². The average molecular weight is 422 g/mol. The predicted octanol–water partition coefficient (Wildman–Crippen LogP) is 2.48. The number of aromatic nitrogens is 2. The van der Waals surface area contributed by atoms with Crippen LogP contribution in [0.25, 0.3) is 0 Å². The summed E-state index contributed by atoms with van der Waals surface area (Å²) in [5.74, 6) is 2.19. The van der Waals surface area contributed by atoms with Crippen molar-refractivity contribution in [3.63, 3.8) is 0 Å². The Balaban J connectivity index is 0.00000182. The summed E-state index contributed by atoms with van der Waals surface area (Å²) in [6, 6.07) is 0.275. The molecule has 27 heavy (non-hydrogen) atoms. The van der Waals surface area contributed by atoms with E-state index in [-0.39, 0.29) is 42.7 Å². The molecule has 9 heteroatoms. The number of rotatable bonds is 5. The molecule has 0 aliphatic heterocycles. The molecule has 0 spiro atoms. The minimum absolute atomic E-state index is 0. The first-order chi connectivity index (χ1) is 11.8. The molecule has 2 unspecified atom stereocenters. The summed E-state index contributed by atoms with van der Waals surface area (Å²) in [5, 5.41) is 7.20. The van der Waals surface area contributed by atoms with Gasteiger partial charge in [0.25, 0.3) is 0 Å². The van der Waals surface area contributed by atoms with Gasteiger partial charge in [-0.25, -0.2) is 0 Å². The molecule has 3 N–H and O–H groups in total. The fourth-order valence-electron chi connectivity index (χ4n) is 4.31. The maximum Gasteiger partial charge on any atom is 0.240 e. The molecule has 0 aromatic carbocycles. The minimum atomic E-state index is -0.653. The molecule has 1 aromatic rings. The number of hydrogen-bond donors (Lipinski definition) is 2. The number of nitrogens with zero attached hydrogens (tertiary/aromatic N) is 3. The van der Waals surface area contributed by atoms with Crippen LogP contribution >= 0.6 is 24.8 Å². The average Bonchev–Trinajstić information content (AvgIpc) is 2.95. The van der Waals surface area contributed by atoms with Gasteiger partial charge >= 0.3 is 0 Å². The van der Waals surface area contributed by atoms with Crippen LogP contribution in [0.4, 0.5) is 0 Å². The van der Waals surface area contributed by atoms with Crippen molar-refractivity contribution >= 4 is 30.7 Å². The van der Waals surface area contributed by atoms with Gasteiger partial charge in [0.2, 0.25) is 11.8 Å². The molecule has 1 heterocycles. The van der Waals surface area contributed by atoms with Gasteiger partial charge < -0.3 is 20.5 Å². The van der Waals surface area contributed by atoms with E-state index < -0.39 is 5.54 Å². The number of carbonyl (C=O) groups is 1. The predicted molar refractivity (Wildman–Crippen MR) is 109 cm³/mol. The molecule has 1 aromatic heterocycles. The molecule has 2 bridgehead atoms. The highest BCUT2D eigenvalue weighted by Gasteiger charge is 2.42. The lowest BCUT2D eigenvalue weighted by Crippen LogP contribution is -2.51. The second-order valence-electron chi connectivity index (χ2n) is 8.56. The Bertz CT molecular complexity index is 609. The van der Waals surface area contributed by atoms with Crippen LogP contribution in [-0.4, -0.2) is 41.1 Å². The summed E-state index contributed by atoms with van der Waals surface area (Å²) in [5.41, 5.74) is 5.69. The lowest BCUT2D eigenvalue weighted by molar-refractivity contribution is -0.129. The van der Waals surface area contributed by atoms with E-state index in [2.05, 4.69) is 15.5 Å². The van der Waals surface area contributed by atoms with E-state index in [1.54, 1.807) is 0 Å². The van der Waals surface area contributed by atoms with E-state index in [1.165, 1.54) is 6.42 Å². The van der Waals surface area contributed by atoms with Gasteiger partial charge in [-0.3, -0.25) is 4.79 Å². The number of carbonyl (C=O) groups excluding carboxylic acids is 1. The molecule has 2 fully saturated rings.